The van der Waals surface area contributed by atoms with E-state index in [-0.39, 0.29) is 35.7 Å². The Bertz CT molecular complexity index is 1030. The van der Waals surface area contributed by atoms with Crippen molar-refractivity contribution in [3.05, 3.63) is 47.2 Å². The summed E-state index contributed by atoms with van der Waals surface area (Å²) in [5.74, 6) is -4.06. The van der Waals surface area contributed by atoms with Gasteiger partial charge in [0.25, 0.3) is 0 Å². The molecule has 1 aromatic carbocycles. The minimum absolute atomic E-state index is 0.0907. The molecule has 1 saturated heterocycles. The molecule has 1 fully saturated rings. The molecule has 13 nitrogen and oxygen atoms in total. The van der Waals surface area contributed by atoms with Gasteiger partial charge >= 0.3 is 5.97 Å². The number of carboxylic acid groups (broad SMARTS) is 1. The average Bonchev–Trinajstić information content (AvgIpc) is 2.86. The first-order chi connectivity index (χ1) is 17.6. The van der Waals surface area contributed by atoms with Crippen LogP contribution in [0.1, 0.15) is 18.9 Å². The number of allylic oxidation sites excluding steroid dienone is 1. The molecule has 3 rings (SSSR count). The Morgan fingerprint density at radius 2 is 1.84 bits per heavy atom. The van der Waals surface area contributed by atoms with E-state index in [0.717, 1.165) is 6.26 Å². The Morgan fingerprint density at radius 1 is 1.11 bits per heavy atom. The second-order valence-electron chi connectivity index (χ2n) is 8.50. The third-order valence-corrected chi connectivity index (χ3v) is 6.11. The normalized spacial score (nSPS) is 30.9. The zero-order valence-corrected chi connectivity index (χ0v) is 19.8. The molecule has 0 unspecified atom stereocenters. The number of esters is 1. The summed E-state index contributed by atoms with van der Waals surface area (Å²) in [6.45, 7) is 0.766. The van der Waals surface area contributed by atoms with E-state index in [1.807, 2.05) is 0 Å². The molecule has 13 heteroatoms. The van der Waals surface area contributed by atoms with Gasteiger partial charge in [-0.25, -0.2) is 0 Å². The molecule has 7 atom stereocenters. The van der Waals surface area contributed by atoms with Crippen molar-refractivity contribution in [2.75, 3.05) is 13.2 Å². The van der Waals surface area contributed by atoms with E-state index in [4.69, 9.17) is 18.9 Å². The molecule has 2 aliphatic heterocycles. The summed E-state index contributed by atoms with van der Waals surface area (Å²) in [5, 5.41) is 70.2. The molecular formula is C24H29O13-. The lowest BCUT2D eigenvalue weighted by Gasteiger charge is -2.42. The molecular weight excluding hydrogens is 496 g/mol. The molecule has 6 N–H and O–H groups in total. The highest BCUT2D eigenvalue weighted by molar-refractivity contribution is 5.87. The minimum Gasteiger partial charge on any atom is -0.545 e. The summed E-state index contributed by atoms with van der Waals surface area (Å²) < 4.78 is 21.5. The van der Waals surface area contributed by atoms with Crippen LogP contribution in [0.5, 0.6) is 11.5 Å². The Labute approximate surface area is 211 Å². The van der Waals surface area contributed by atoms with Gasteiger partial charge in [-0.15, -0.1) is 0 Å². The third kappa shape index (κ3) is 6.57. The van der Waals surface area contributed by atoms with E-state index >= 15 is 0 Å². The van der Waals surface area contributed by atoms with Gasteiger partial charge in [-0.3, -0.25) is 4.79 Å². The van der Waals surface area contributed by atoms with Crippen molar-refractivity contribution >= 4 is 11.9 Å². The highest BCUT2D eigenvalue weighted by Crippen LogP contribution is 2.35. The van der Waals surface area contributed by atoms with Crippen molar-refractivity contribution in [1.82, 2.24) is 0 Å². The summed E-state index contributed by atoms with van der Waals surface area (Å²) in [6.07, 6.45) is -7.13. The first kappa shape index (κ1) is 28.4. The quantitative estimate of drug-likeness (QED) is 0.116. The fraction of sp³-hybridized carbons (Fsp3) is 0.500. The Kier molecular flexibility index (Phi) is 9.48. The Hall–Kier alpha value is -3.20. The smallest absolute Gasteiger partial charge is 0.306 e. The van der Waals surface area contributed by atoms with Crippen LogP contribution >= 0.6 is 0 Å². The van der Waals surface area contributed by atoms with E-state index in [0.29, 0.717) is 5.56 Å². The molecule has 0 amide bonds. The molecule has 0 radical (unpaired) electrons. The van der Waals surface area contributed by atoms with Crippen LogP contribution in [0.25, 0.3) is 0 Å². The lowest BCUT2D eigenvalue weighted by atomic mass is 9.86. The van der Waals surface area contributed by atoms with Crippen LogP contribution in [-0.4, -0.2) is 92.8 Å². The first-order valence-corrected chi connectivity index (χ1v) is 11.4. The van der Waals surface area contributed by atoms with Crippen LogP contribution in [0.15, 0.2) is 41.7 Å². The lowest BCUT2D eigenvalue weighted by molar-refractivity contribution is -0.328. The number of hydrogen-bond acceptors (Lipinski definition) is 13. The number of aromatic hydroxyl groups is 2. The topological polar surface area (TPSA) is 215 Å². The van der Waals surface area contributed by atoms with Crippen LogP contribution < -0.4 is 5.11 Å². The number of rotatable bonds is 9. The highest BCUT2D eigenvalue weighted by atomic mass is 16.8. The highest BCUT2D eigenvalue weighted by Gasteiger charge is 2.46. The molecule has 0 bridgehead atoms. The number of ether oxygens (including phenoxy) is 4. The molecule has 0 aromatic heterocycles. The average molecular weight is 525 g/mol. The van der Waals surface area contributed by atoms with Gasteiger partial charge < -0.3 is 59.5 Å². The minimum atomic E-state index is -1.73. The first-order valence-electron chi connectivity index (χ1n) is 11.4. The number of carboxylic acids is 1. The van der Waals surface area contributed by atoms with Gasteiger partial charge in [0.2, 0.25) is 6.29 Å². The molecule has 0 spiro atoms. The number of aliphatic carboxylic acids is 1. The molecule has 0 saturated carbocycles. The number of hydrogen-bond donors (Lipinski definition) is 6. The molecule has 37 heavy (non-hydrogen) atoms. The number of aliphatic hydroxyl groups is 4. The Balaban J connectivity index is 1.68. The maximum Gasteiger partial charge on any atom is 0.306 e. The van der Waals surface area contributed by atoms with Crippen molar-refractivity contribution in [1.29, 1.82) is 0 Å². The molecule has 0 aliphatic carbocycles. The van der Waals surface area contributed by atoms with Gasteiger partial charge in [-0.1, -0.05) is 12.1 Å². The zero-order chi connectivity index (χ0) is 27.3. The van der Waals surface area contributed by atoms with Gasteiger partial charge in [-0.05, 0) is 24.6 Å². The number of carbonyl (C=O) groups excluding carboxylic acids is 2. The van der Waals surface area contributed by atoms with Gasteiger partial charge in [-0.2, -0.15) is 0 Å². The van der Waals surface area contributed by atoms with Gasteiger partial charge in [0, 0.05) is 23.5 Å². The predicted molar refractivity (Wildman–Crippen MR) is 119 cm³/mol. The van der Waals surface area contributed by atoms with Gasteiger partial charge in [0.15, 0.2) is 17.8 Å². The number of benzene rings is 1. The molecule has 204 valence electrons. The largest absolute Gasteiger partial charge is 0.545 e. The molecule has 2 heterocycles. The number of phenolic OH excluding ortho intramolecular Hbond substituents is 2. The van der Waals surface area contributed by atoms with Crippen molar-refractivity contribution in [2.45, 2.75) is 56.8 Å². The number of carbonyl (C=O) groups is 2. The van der Waals surface area contributed by atoms with E-state index in [2.05, 4.69) is 0 Å². The summed E-state index contributed by atoms with van der Waals surface area (Å²) in [4.78, 5) is 24.2. The standard InChI is InChI=1S/C24H30O13/c1-2-12-13(8-18(28)34-6-5-11-3-4-15(26)16(27)7-11)14(22(32)33)10-35-23(12)37-24-21(31)20(30)19(29)17(9-25)36-24/h2-4,7,10,13,17,19-21,23-27,29-31H,5-6,8-9H2,1H3,(H,32,33)/p-1/b12-2+/t13-,17+,19+,20-,21+,23+,24-/m0/s1. The SMILES string of the molecule is C/C=C1/[C@@H](O[C@@H]2O[C@H](CO)[C@@H](O)[C@H](O)[C@H]2O)OC=C(C(=O)[O-])[C@H]1CC(=O)OCCc1ccc(O)c(O)c1. The van der Waals surface area contributed by atoms with Crippen molar-refractivity contribution in [3.8, 4) is 11.5 Å². The van der Waals surface area contributed by atoms with Crippen LogP contribution in [0.2, 0.25) is 0 Å². The molecule has 2 aliphatic rings. The van der Waals surface area contributed by atoms with Crippen molar-refractivity contribution in [2.24, 2.45) is 5.92 Å². The summed E-state index contributed by atoms with van der Waals surface area (Å²) in [6, 6.07) is 4.15. The number of aliphatic hydroxyl groups excluding tert-OH is 4. The predicted octanol–water partition coefficient (Wildman–Crippen LogP) is -2.06. The second kappa shape index (κ2) is 12.4. The van der Waals surface area contributed by atoms with Crippen molar-refractivity contribution < 1.29 is 64.3 Å². The summed E-state index contributed by atoms with van der Waals surface area (Å²) in [7, 11) is 0. The summed E-state index contributed by atoms with van der Waals surface area (Å²) in [5.41, 5.74) is 0.396. The monoisotopic (exact) mass is 525 g/mol. The third-order valence-electron chi connectivity index (χ3n) is 6.11. The lowest BCUT2D eigenvalue weighted by Crippen LogP contribution is -2.60. The van der Waals surface area contributed by atoms with Gasteiger partial charge in [0.1, 0.15) is 24.4 Å². The maximum atomic E-state index is 12.5. The number of phenols is 2. The van der Waals surface area contributed by atoms with E-state index in [1.54, 1.807) is 0 Å². The van der Waals surface area contributed by atoms with Crippen LogP contribution in [-0.2, 0) is 35.0 Å². The fourth-order valence-corrected chi connectivity index (χ4v) is 4.04. The van der Waals surface area contributed by atoms with Crippen LogP contribution in [0.4, 0.5) is 0 Å². The Morgan fingerprint density at radius 3 is 2.46 bits per heavy atom. The maximum absolute atomic E-state index is 12.5. The zero-order valence-electron chi connectivity index (χ0n) is 19.8. The van der Waals surface area contributed by atoms with E-state index in [1.165, 1.54) is 31.2 Å². The van der Waals surface area contributed by atoms with E-state index in [9.17, 15) is 45.3 Å². The fourth-order valence-electron chi connectivity index (χ4n) is 4.04. The van der Waals surface area contributed by atoms with Gasteiger partial charge in [0.05, 0.1) is 31.9 Å². The summed E-state index contributed by atoms with van der Waals surface area (Å²) >= 11 is 0. The second-order valence-corrected chi connectivity index (χ2v) is 8.50. The van der Waals surface area contributed by atoms with E-state index < -0.39 is 67.9 Å². The van der Waals surface area contributed by atoms with Crippen molar-refractivity contribution in [3.63, 3.8) is 0 Å². The van der Waals surface area contributed by atoms with Crippen LogP contribution in [0, 0.1) is 5.92 Å². The molecule has 1 aromatic rings. The van der Waals surface area contributed by atoms with Crippen LogP contribution in [0.3, 0.4) is 0 Å².